The SMILES string of the molecule is CCC(Sc1cccc(NC(=O)/C(=C\c2ccc(C(C)C)cc2)NC(=O)c2ccccc2)c1)C(=O)Nc1cc(C)ccc1C. The molecular formula is C37H39N3O3S. The lowest BCUT2D eigenvalue weighted by Crippen LogP contribution is -2.30. The summed E-state index contributed by atoms with van der Waals surface area (Å²) < 4.78 is 0. The number of thioether (sulfide) groups is 1. The monoisotopic (exact) mass is 605 g/mol. The quantitative estimate of drug-likeness (QED) is 0.118. The van der Waals surface area contributed by atoms with Crippen molar-refractivity contribution in [3.05, 3.63) is 131 Å². The summed E-state index contributed by atoms with van der Waals surface area (Å²) in [6.45, 7) is 10.2. The van der Waals surface area contributed by atoms with Crippen molar-refractivity contribution in [1.29, 1.82) is 0 Å². The largest absolute Gasteiger partial charge is 0.325 e. The standard InChI is InChI=1S/C37H39N3O3S/c1-6-34(37(43)39-32-21-25(4)15-16-26(32)5)44-31-14-10-13-30(23-31)38-36(42)33(40-35(41)29-11-8-7-9-12-29)22-27-17-19-28(20-18-27)24(2)3/h7-24,34H,6H2,1-5H3,(H,38,42)(H,39,43)(H,40,41)/b33-22+. The Morgan fingerprint density at radius 2 is 1.55 bits per heavy atom. The second-order valence-electron chi connectivity index (χ2n) is 11.0. The van der Waals surface area contributed by atoms with Gasteiger partial charge in [-0.05, 0) is 90.9 Å². The van der Waals surface area contributed by atoms with Crippen molar-refractivity contribution in [1.82, 2.24) is 5.32 Å². The molecule has 0 aromatic heterocycles. The number of aryl methyl sites for hydroxylation is 2. The summed E-state index contributed by atoms with van der Waals surface area (Å²) >= 11 is 1.44. The third-order valence-corrected chi connectivity index (χ3v) is 8.49. The molecule has 44 heavy (non-hydrogen) atoms. The van der Waals surface area contributed by atoms with E-state index < -0.39 is 5.91 Å². The van der Waals surface area contributed by atoms with E-state index in [9.17, 15) is 14.4 Å². The highest BCUT2D eigenvalue weighted by molar-refractivity contribution is 8.00. The molecule has 0 heterocycles. The van der Waals surface area contributed by atoms with Gasteiger partial charge in [0.1, 0.15) is 5.70 Å². The van der Waals surface area contributed by atoms with E-state index in [4.69, 9.17) is 0 Å². The zero-order valence-corrected chi connectivity index (χ0v) is 26.6. The summed E-state index contributed by atoms with van der Waals surface area (Å²) in [5.74, 6) is -0.526. The number of rotatable bonds is 11. The third kappa shape index (κ3) is 8.94. The van der Waals surface area contributed by atoms with Crippen molar-refractivity contribution in [2.75, 3.05) is 10.6 Å². The molecule has 1 unspecified atom stereocenters. The van der Waals surface area contributed by atoms with Crippen LogP contribution in [-0.2, 0) is 9.59 Å². The first kappa shape index (κ1) is 32.3. The van der Waals surface area contributed by atoms with Gasteiger partial charge >= 0.3 is 0 Å². The Hall–Kier alpha value is -4.62. The van der Waals surface area contributed by atoms with Crippen LogP contribution in [0.25, 0.3) is 6.08 Å². The van der Waals surface area contributed by atoms with E-state index in [-0.39, 0.29) is 22.8 Å². The summed E-state index contributed by atoms with van der Waals surface area (Å²) in [6.07, 6.45) is 2.30. The van der Waals surface area contributed by atoms with Crippen LogP contribution in [0.4, 0.5) is 11.4 Å². The summed E-state index contributed by atoms with van der Waals surface area (Å²) in [5.41, 5.74) is 5.99. The maximum atomic E-state index is 13.6. The maximum absolute atomic E-state index is 13.6. The molecule has 0 aliphatic carbocycles. The lowest BCUT2D eigenvalue weighted by atomic mass is 10.0. The van der Waals surface area contributed by atoms with Crippen LogP contribution in [0.15, 0.2) is 108 Å². The molecule has 0 saturated heterocycles. The zero-order valence-electron chi connectivity index (χ0n) is 25.8. The van der Waals surface area contributed by atoms with Gasteiger partial charge in [-0.3, -0.25) is 14.4 Å². The van der Waals surface area contributed by atoms with Gasteiger partial charge in [0.05, 0.1) is 5.25 Å². The average molecular weight is 606 g/mol. The van der Waals surface area contributed by atoms with E-state index >= 15 is 0 Å². The van der Waals surface area contributed by atoms with E-state index in [0.29, 0.717) is 23.6 Å². The topological polar surface area (TPSA) is 87.3 Å². The molecule has 3 N–H and O–H groups in total. The first-order valence-corrected chi connectivity index (χ1v) is 15.6. The minimum atomic E-state index is -0.455. The fourth-order valence-corrected chi connectivity index (χ4v) is 5.52. The van der Waals surface area contributed by atoms with E-state index in [1.807, 2.05) is 87.5 Å². The number of nitrogens with one attached hydrogen (secondary N) is 3. The minimum absolute atomic E-state index is 0.0713. The fourth-order valence-electron chi connectivity index (χ4n) is 4.50. The molecule has 4 aromatic rings. The van der Waals surface area contributed by atoms with Crippen LogP contribution in [0.3, 0.4) is 0 Å². The Labute approximate surface area is 264 Å². The molecule has 3 amide bonds. The van der Waals surface area contributed by atoms with Crippen molar-refractivity contribution in [2.24, 2.45) is 0 Å². The van der Waals surface area contributed by atoms with Crippen LogP contribution in [-0.4, -0.2) is 23.0 Å². The minimum Gasteiger partial charge on any atom is -0.325 e. The molecule has 0 fully saturated rings. The highest BCUT2D eigenvalue weighted by atomic mass is 32.2. The van der Waals surface area contributed by atoms with Crippen LogP contribution in [0.1, 0.15) is 65.7 Å². The van der Waals surface area contributed by atoms with Gasteiger partial charge < -0.3 is 16.0 Å². The van der Waals surface area contributed by atoms with Gasteiger partial charge in [-0.25, -0.2) is 0 Å². The molecule has 0 radical (unpaired) electrons. The van der Waals surface area contributed by atoms with Gasteiger partial charge in [0, 0.05) is 21.8 Å². The number of hydrogen-bond acceptors (Lipinski definition) is 4. The van der Waals surface area contributed by atoms with Crippen molar-refractivity contribution in [3.63, 3.8) is 0 Å². The third-order valence-electron chi connectivity index (χ3n) is 7.13. The van der Waals surface area contributed by atoms with Gasteiger partial charge in [-0.1, -0.05) is 81.4 Å². The van der Waals surface area contributed by atoms with Crippen LogP contribution in [0.2, 0.25) is 0 Å². The van der Waals surface area contributed by atoms with Crippen LogP contribution >= 0.6 is 11.8 Å². The molecule has 0 bridgehead atoms. The first-order valence-electron chi connectivity index (χ1n) is 14.8. The predicted molar refractivity (Wildman–Crippen MR) is 182 cm³/mol. The molecule has 4 aromatic carbocycles. The van der Waals surface area contributed by atoms with Gasteiger partial charge in [0.15, 0.2) is 0 Å². The molecular weight excluding hydrogens is 566 g/mol. The zero-order chi connectivity index (χ0) is 31.6. The molecule has 0 saturated carbocycles. The summed E-state index contributed by atoms with van der Waals surface area (Å²) in [5, 5.41) is 8.47. The number of carbonyl (C=O) groups excluding carboxylic acids is 3. The molecule has 6 nitrogen and oxygen atoms in total. The molecule has 4 rings (SSSR count). The summed E-state index contributed by atoms with van der Waals surface area (Å²) in [6, 6.07) is 30.1. The number of anilines is 2. The molecule has 226 valence electrons. The Morgan fingerprint density at radius 1 is 0.818 bits per heavy atom. The lowest BCUT2D eigenvalue weighted by Gasteiger charge is -2.17. The van der Waals surface area contributed by atoms with Crippen molar-refractivity contribution < 1.29 is 14.4 Å². The van der Waals surface area contributed by atoms with Gasteiger partial charge in [0.25, 0.3) is 11.8 Å². The highest BCUT2D eigenvalue weighted by Crippen LogP contribution is 2.29. The normalized spacial score (nSPS) is 12.0. The van der Waals surface area contributed by atoms with Crippen molar-refractivity contribution in [2.45, 2.75) is 57.1 Å². The Kier molecular flexibility index (Phi) is 11.2. The Morgan fingerprint density at radius 3 is 2.23 bits per heavy atom. The smallest absolute Gasteiger partial charge is 0.272 e. The maximum Gasteiger partial charge on any atom is 0.272 e. The Bertz CT molecular complexity index is 1650. The van der Waals surface area contributed by atoms with E-state index in [1.165, 1.54) is 17.3 Å². The number of hydrogen-bond donors (Lipinski definition) is 3. The lowest BCUT2D eigenvalue weighted by molar-refractivity contribution is -0.116. The van der Waals surface area contributed by atoms with Crippen LogP contribution in [0, 0.1) is 13.8 Å². The number of benzene rings is 4. The fraction of sp³-hybridized carbons (Fsp3) is 0.216. The van der Waals surface area contributed by atoms with E-state index in [0.717, 1.165) is 27.3 Å². The molecule has 0 aliphatic rings. The van der Waals surface area contributed by atoms with Crippen molar-refractivity contribution in [3.8, 4) is 0 Å². The van der Waals surface area contributed by atoms with Gasteiger partial charge in [-0.2, -0.15) is 0 Å². The molecule has 1 atom stereocenters. The summed E-state index contributed by atoms with van der Waals surface area (Å²) in [4.78, 5) is 40.6. The van der Waals surface area contributed by atoms with Crippen molar-refractivity contribution >= 4 is 46.9 Å². The number of carbonyl (C=O) groups is 3. The van der Waals surface area contributed by atoms with Gasteiger partial charge in [0.2, 0.25) is 5.91 Å². The predicted octanol–water partition coefficient (Wildman–Crippen LogP) is 8.35. The molecule has 0 aliphatic heterocycles. The Balaban J connectivity index is 1.52. The highest BCUT2D eigenvalue weighted by Gasteiger charge is 2.20. The number of amides is 3. The first-order chi connectivity index (χ1) is 21.1. The second-order valence-corrected chi connectivity index (χ2v) is 12.3. The van der Waals surface area contributed by atoms with Crippen LogP contribution in [0.5, 0.6) is 0 Å². The second kappa shape index (κ2) is 15.2. The van der Waals surface area contributed by atoms with E-state index in [1.54, 1.807) is 36.4 Å². The van der Waals surface area contributed by atoms with E-state index in [2.05, 4.69) is 29.8 Å². The van der Waals surface area contributed by atoms with Crippen LogP contribution < -0.4 is 16.0 Å². The molecule has 7 heteroatoms. The average Bonchev–Trinajstić information content (AvgIpc) is 3.02. The van der Waals surface area contributed by atoms with Gasteiger partial charge in [-0.15, -0.1) is 11.8 Å². The summed E-state index contributed by atoms with van der Waals surface area (Å²) in [7, 11) is 0. The molecule has 0 spiro atoms.